The maximum atomic E-state index is 8.34. The van der Waals surface area contributed by atoms with Gasteiger partial charge in [0.15, 0.2) is 0 Å². The molecule has 0 aliphatic rings. The second-order valence-electron chi connectivity index (χ2n) is 5.18. The highest BCUT2D eigenvalue weighted by Gasteiger charge is 2.24. The van der Waals surface area contributed by atoms with Gasteiger partial charge in [0.05, 0.1) is 12.7 Å². The normalized spacial score (nSPS) is 16.4. The van der Waals surface area contributed by atoms with Gasteiger partial charge in [0, 0.05) is 24.5 Å². The minimum atomic E-state index is -0.173. The summed E-state index contributed by atoms with van der Waals surface area (Å²) in [5, 5.41) is 3.56. The molecule has 0 N–H and O–H groups in total. The standard InChI is InChI=1S/C15H26N3O2/c1-7-14(19-6)15(20-10-11(2)3)13(5)8-12(4)9-17-18-16/h7-8,13-15H,1,9-10H2,2-6H3/b12-8-/t13-,14+,15-/m0/s1. The number of hydrogen-bond donors (Lipinski definition) is 0. The van der Waals surface area contributed by atoms with Gasteiger partial charge in [-0.2, -0.15) is 0 Å². The van der Waals surface area contributed by atoms with Crippen LogP contribution in [0.4, 0.5) is 0 Å². The number of ether oxygens (including phenoxy) is 2. The third-order valence-corrected chi connectivity index (χ3v) is 2.84. The van der Waals surface area contributed by atoms with Crippen LogP contribution in [0.1, 0.15) is 27.7 Å². The van der Waals surface area contributed by atoms with Gasteiger partial charge in [-0.25, -0.2) is 0 Å². The van der Waals surface area contributed by atoms with Crippen molar-refractivity contribution in [1.29, 1.82) is 0 Å². The van der Waals surface area contributed by atoms with Gasteiger partial charge in [-0.15, -0.1) is 6.58 Å². The summed E-state index contributed by atoms with van der Waals surface area (Å²) in [5.74, 6) is 1.34. The van der Waals surface area contributed by atoms with Crippen molar-refractivity contribution in [3.63, 3.8) is 0 Å². The van der Waals surface area contributed by atoms with Crippen LogP contribution >= 0.6 is 0 Å². The maximum absolute atomic E-state index is 8.34. The minimum absolute atomic E-state index is 0.117. The summed E-state index contributed by atoms with van der Waals surface area (Å²) < 4.78 is 11.3. The highest BCUT2D eigenvalue weighted by molar-refractivity contribution is 5.06. The number of rotatable bonds is 10. The summed E-state index contributed by atoms with van der Waals surface area (Å²) in [7, 11) is 1.65. The third-order valence-electron chi connectivity index (χ3n) is 2.84. The van der Waals surface area contributed by atoms with E-state index in [2.05, 4.69) is 29.6 Å². The molecule has 0 saturated heterocycles. The fraction of sp³-hybridized carbons (Fsp3) is 0.667. The van der Waals surface area contributed by atoms with E-state index in [-0.39, 0.29) is 18.1 Å². The Morgan fingerprint density at radius 1 is 1.40 bits per heavy atom. The number of methoxy groups -OCH3 is 1. The van der Waals surface area contributed by atoms with Gasteiger partial charge in [-0.05, 0) is 18.4 Å². The maximum Gasteiger partial charge on any atom is 0.102 e. The second kappa shape index (κ2) is 10.5. The van der Waals surface area contributed by atoms with E-state index in [0.717, 1.165) is 5.57 Å². The Balaban J connectivity index is 4.89. The summed E-state index contributed by atoms with van der Waals surface area (Å²) in [6.07, 6.45) is 3.52. The van der Waals surface area contributed by atoms with Crippen LogP contribution < -0.4 is 0 Å². The van der Waals surface area contributed by atoms with E-state index in [9.17, 15) is 0 Å². The molecule has 0 saturated carbocycles. The second-order valence-corrected chi connectivity index (χ2v) is 5.18. The number of azide groups is 1. The minimum Gasteiger partial charge on any atom is -0.375 e. The molecule has 0 amide bonds. The van der Waals surface area contributed by atoms with Gasteiger partial charge in [-0.3, -0.25) is 0 Å². The van der Waals surface area contributed by atoms with E-state index in [1.54, 1.807) is 13.2 Å². The Hall–Kier alpha value is -1.29. The molecule has 0 bridgehead atoms. The molecular formula is C15H26N3O2. The molecule has 0 aromatic rings. The average Bonchev–Trinajstić information content (AvgIpc) is 2.40. The van der Waals surface area contributed by atoms with Gasteiger partial charge in [0.1, 0.15) is 6.10 Å². The molecule has 0 unspecified atom stereocenters. The van der Waals surface area contributed by atoms with Crippen LogP contribution in [0.5, 0.6) is 0 Å². The first-order chi connectivity index (χ1) is 9.46. The lowest BCUT2D eigenvalue weighted by Crippen LogP contribution is -2.35. The zero-order valence-corrected chi connectivity index (χ0v) is 13.2. The lowest BCUT2D eigenvalue weighted by atomic mass is 9.96. The first-order valence-corrected chi connectivity index (χ1v) is 6.70. The van der Waals surface area contributed by atoms with Crippen molar-refractivity contribution in [1.82, 2.24) is 0 Å². The molecule has 0 fully saturated rings. The first-order valence-electron chi connectivity index (χ1n) is 6.70. The molecule has 1 radical (unpaired) electrons. The highest BCUT2D eigenvalue weighted by Crippen LogP contribution is 2.19. The quantitative estimate of drug-likeness (QED) is 0.262. The van der Waals surface area contributed by atoms with E-state index in [1.807, 2.05) is 20.8 Å². The van der Waals surface area contributed by atoms with Crippen molar-refractivity contribution in [2.75, 3.05) is 20.3 Å². The van der Waals surface area contributed by atoms with E-state index < -0.39 is 0 Å². The van der Waals surface area contributed by atoms with Crippen molar-refractivity contribution in [3.05, 3.63) is 40.7 Å². The summed E-state index contributed by atoms with van der Waals surface area (Å²) in [4.78, 5) is 2.76. The van der Waals surface area contributed by atoms with Crippen LogP contribution in [0.2, 0.25) is 0 Å². The van der Waals surface area contributed by atoms with E-state index in [1.165, 1.54) is 5.92 Å². The highest BCUT2D eigenvalue weighted by atomic mass is 16.5. The average molecular weight is 280 g/mol. The van der Waals surface area contributed by atoms with Crippen molar-refractivity contribution in [3.8, 4) is 0 Å². The van der Waals surface area contributed by atoms with Crippen molar-refractivity contribution >= 4 is 0 Å². The smallest absolute Gasteiger partial charge is 0.102 e. The lowest BCUT2D eigenvalue weighted by Gasteiger charge is -2.28. The molecule has 0 aliphatic heterocycles. The van der Waals surface area contributed by atoms with E-state index in [0.29, 0.717) is 13.2 Å². The zero-order valence-electron chi connectivity index (χ0n) is 13.2. The van der Waals surface area contributed by atoms with Crippen LogP contribution in [0.25, 0.3) is 10.4 Å². The van der Waals surface area contributed by atoms with Crippen molar-refractivity contribution in [2.24, 2.45) is 11.0 Å². The molecule has 113 valence electrons. The molecular weight excluding hydrogens is 254 g/mol. The molecule has 5 heteroatoms. The van der Waals surface area contributed by atoms with Crippen LogP contribution in [-0.4, -0.2) is 32.5 Å². The number of hydrogen-bond acceptors (Lipinski definition) is 3. The number of nitrogens with zero attached hydrogens (tertiary/aromatic N) is 3. The Labute approximate surface area is 122 Å². The summed E-state index contributed by atoms with van der Waals surface area (Å²) in [6.45, 7) is 12.8. The van der Waals surface area contributed by atoms with Crippen molar-refractivity contribution in [2.45, 2.75) is 39.9 Å². The Morgan fingerprint density at radius 3 is 2.50 bits per heavy atom. The molecule has 0 rings (SSSR count). The lowest BCUT2D eigenvalue weighted by molar-refractivity contribution is -0.0486. The van der Waals surface area contributed by atoms with Crippen LogP contribution in [-0.2, 0) is 9.47 Å². The fourth-order valence-electron chi connectivity index (χ4n) is 1.91. The summed E-state index contributed by atoms with van der Waals surface area (Å²) >= 11 is 0. The Kier molecular flexibility index (Phi) is 9.82. The van der Waals surface area contributed by atoms with Gasteiger partial charge in [0.25, 0.3) is 0 Å². The Bertz CT molecular complexity index is 360. The molecule has 5 nitrogen and oxygen atoms in total. The summed E-state index contributed by atoms with van der Waals surface area (Å²) in [6, 6.07) is 0. The van der Waals surface area contributed by atoms with Gasteiger partial charge >= 0.3 is 0 Å². The molecule has 0 aromatic carbocycles. The van der Waals surface area contributed by atoms with Crippen LogP contribution in [0.3, 0.4) is 0 Å². The predicted octanol–water partition coefficient (Wildman–Crippen LogP) is 4.08. The third kappa shape index (κ3) is 7.34. The largest absolute Gasteiger partial charge is 0.375 e. The molecule has 0 aliphatic carbocycles. The topological polar surface area (TPSA) is 67.2 Å². The monoisotopic (exact) mass is 280 g/mol. The first kappa shape index (κ1) is 18.7. The molecule has 3 atom stereocenters. The van der Waals surface area contributed by atoms with E-state index in [4.69, 9.17) is 15.0 Å². The fourth-order valence-corrected chi connectivity index (χ4v) is 1.91. The van der Waals surface area contributed by atoms with Crippen LogP contribution in [0.15, 0.2) is 29.4 Å². The molecule has 20 heavy (non-hydrogen) atoms. The molecule has 0 aromatic heterocycles. The predicted molar refractivity (Wildman–Crippen MR) is 82.3 cm³/mol. The van der Waals surface area contributed by atoms with Crippen LogP contribution in [0, 0.1) is 11.8 Å². The van der Waals surface area contributed by atoms with Crippen molar-refractivity contribution < 1.29 is 9.47 Å². The Morgan fingerprint density at radius 2 is 2.05 bits per heavy atom. The molecule has 0 spiro atoms. The van der Waals surface area contributed by atoms with E-state index >= 15 is 0 Å². The molecule has 0 heterocycles. The van der Waals surface area contributed by atoms with Gasteiger partial charge in [0.2, 0.25) is 0 Å². The SMILES string of the molecule is C=C[C@@H](OC)[C@@H](OC[C](C)C)[C@@H](C)/C=C(/C)CN=[N+]=[N-]. The summed E-state index contributed by atoms with van der Waals surface area (Å²) in [5.41, 5.74) is 9.35. The van der Waals surface area contributed by atoms with Gasteiger partial charge in [-0.1, -0.05) is 43.6 Å². The zero-order chi connectivity index (χ0) is 15.5. The van der Waals surface area contributed by atoms with Gasteiger partial charge < -0.3 is 9.47 Å².